The number of benzene rings is 3. The summed E-state index contributed by atoms with van der Waals surface area (Å²) < 4.78 is 5.90. The summed E-state index contributed by atoms with van der Waals surface area (Å²) in [5.41, 5.74) is 2.72. The molecule has 5 rings (SSSR count). The number of fused-ring (bicyclic) bond motifs is 1. The first-order valence-electron chi connectivity index (χ1n) is 10.5. The van der Waals surface area contributed by atoms with Crippen LogP contribution in [0.3, 0.4) is 0 Å². The molecule has 2 heterocycles. The maximum absolute atomic E-state index is 12.4. The van der Waals surface area contributed by atoms with E-state index < -0.39 is 6.23 Å². The Balaban J connectivity index is 1.36. The Hall–Kier alpha value is -4.07. The monoisotopic (exact) mass is 430 g/mol. The van der Waals surface area contributed by atoms with Gasteiger partial charge in [0.05, 0.1) is 10.5 Å². The van der Waals surface area contributed by atoms with Gasteiger partial charge in [-0.15, -0.1) is 0 Å². The van der Waals surface area contributed by atoms with E-state index in [1.54, 1.807) is 36.4 Å². The fraction of sp³-hybridized carbons (Fsp3) is 0.208. The van der Waals surface area contributed by atoms with Crippen LogP contribution in [0.25, 0.3) is 0 Å². The smallest absolute Gasteiger partial charge is 0.293 e. The normalized spacial score (nSPS) is 17.9. The number of nitrogens with zero attached hydrogens (tertiary/aromatic N) is 3. The largest absolute Gasteiger partial charge is 0.466 e. The average Bonchev–Trinajstić information content (AvgIpc) is 2.84. The second-order valence-electron chi connectivity index (χ2n) is 7.78. The van der Waals surface area contributed by atoms with Crippen LogP contribution in [0.15, 0.2) is 72.8 Å². The average molecular weight is 430 g/mol. The van der Waals surface area contributed by atoms with E-state index in [0.717, 1.165) is 18.8 Å². The van der Waals surface area contributed by atoms with Gasteiger partial charge in [-0.2, -0.15) is 0 Å². The zero-order valence-corrected chi connectivity index (χ0v) is 17.3. The molecule has 2 aliphatic rings. The summed E-state index contributed by atoms with van der Waals surface area (Å²) in [6.07, 6.45) is -0.778. The van der Waals surface area contributed by atoms with Crippen molar-refractivity contribution >= 4 is 23.0 Å². The van der Waals surface area contributed by atoms with E-state index in [1.165, 1.54) is 6.07 Å². The van der Waals surface area contributed by atoms with Gasteiger partial charge in [0.15, 0.2) is 6.23 Å². The molecular weight excluding hydrogens is 408 g/mol. The molecule has 1 saturated heterocycles. The van der Waals surface area contributed by atoms with Crippen molar-refractivity contribution in [1.82, 2.24) is 5.32 Å². The first-order valence-corrected chi connectivity index (χ1v) is 10.5. The molecule has 0 spiro atoms. The van der Waals surface area contributed by atoms with E-state index in [9.17, 15) is 14.9 Å². The molecule has 8 nitrogen and oxygen atoms in total. The molecule has 162 valence electrons. The minimum absolute atomic E-state index is 0.00682. The summed E-state index contributed by atoms with van der Waals surface area (Å²) in [5, 5.41) is 14.7. The van der Waals surface area contributed by atoms with Crippen LogP contribution in [0.2, 0.25) is 0 Å². The van der Waals surface area contributed by atoms with Crippen LogP contribution in [-0.4, -0.2) is 37.0 Å². The van der Waals surface area contributed by atoms with Crippen LogP contribution in [-0.2, 0) is 0 Å². The third kappa shape index (κ3) is 3.71. The zero-order valence-electron chi connectivity index (χ0n) is 17.3. The quantitative estimate of drug-likeness (QED) is 0.501. The van der Waals surface area contributed by atoms with Crippen LogP contribution in [0.4, 0.5) is 17.1 Å². The third-order valence-corrected chi connectivity index (χ3v) is 5.88. The summed E-state index contributed by atoms with van der Waals surface area (Å²) in [6, 6.07) is 22.1. The Labute approximate surface area is 185 Å². The number of nitrogens with one attached hydrogen (secondary N) is 1. The van der Waals surface area contributed by atoms with Gasteiger partial charge in [0.2, 0.25) is 0 Å². The predicted molar refractivity (Wildman–Crippen MR) is 121 cm³/mol. The topological polar surface area (TPSA) is 88.0 Å². The first-order chi connectivity index (χ1) is 15.6. The number of carbonyl (C=O) groups is 1. The van der Waals surface area contributed by atoms with Crippen molar-refractivity contribution in [2.24, 2.45) is 0 Å². The summed E-state index contributed by atoms with van der Waals surface area (Å²) in [4.78, 5) is 28.2. The number of hydrogen-bond donors (Lipinski definition) is 1. The molecule has 0 unspecified atom stereocenters. The van der Waals surface area contributed by atoms with Gasteiger partial charge >= 0.3 is 0 Å². The van der Waals surface area contributed by atoms with Crippen molar-refractivity contribution in [3.63, 3.8) is 0 Å². The number of carbonyl (C=O) groups excluding carboxylic acids is 1. The number of amides is 1. The molecule has 1 N–H and O–H groups in total. The lowest BCUT2D eigenvalue weighted by atomic mass is 10.1. The fourth-order valence-corrected chi connectivity index (χ4v) is 4.22. The van der Waals surface area contributed by atoms with Crippen LogP contribution in [0.1, 0.15) is 22.1 Å². The Kier molecular flexibility index (Phi) is 5.10. The van der Waals surface area contributed by atoms with Crippen LogP contribution in [0.5, 0.6) is 5.75 Å². The highest BCUT2D eigenvalue weighted by Gasteiger charge is 2.30. The van der Waals surface area contributed by atoms with Gasteiger partial charge in [-0.3, -0.25) is 14.9 Å². The van der Waals surface area contributed by atoms with Crippen LogP contribution >= 0.6 is 0 Å². The highest BCUT2D eigenvalue weighted by molar-refractivity contribution is 5.98. The number of piperazine rings is 1. The molecule has 3 aromatic carbocycles. The predicted octanol–water partition coefficient (Wildman–Crippen LogP) is 3.74. The van der Waals surface area contributed by atoms with Crippen molar-refractivity contribution in [1.29, 1.82) is 0 Å². The Morgan fingerprint density at radius 1 is 0.906 bits per heavy atom. The Bertz CT molecular complexity index is 1160. The van der Waals surface area contributed by atoms with Crippen molar-refractivity contribution in [2.75, 3.05) is 36.0 Å². The van der Waals surface area contributed by atoms with Gasteiger partial charge in [0.1, 0.15) is 11.4 Å². The fourth-order valence-electron chi connectivity index (χ4n) is 4.22. The number of nitro benzene ring substituents is 1. The van der Waals surface area contributed by atoms with Crippen molar-refractivity contribution in [3.05, 3.63) is 94.0 Å². The molecular formula is C24H22N4O4. The number of anilines is 2. The van der Waals surface area contributed by atoms with Crippen LogP contribution in [0, 0.1) is 10.1 Å². The number of hydrogen-bond acceptors (Lipinski definition) is 6. The molecule has 1 fully saturated rings. The standard InChI is InChI=1S/C24H22N4O4/c29-23-19-8-4-5-9-22(19)32-24(25-23)17-10-11-20(21(16-17)28(30)31)27-14-12-26(13-15-27)18-6-2-1-3-7-18/h1-11,16,24H,12-15H2,(H,25,29)/t24-/m1/s1. The molecule has 32 heavy (non-hydrogen) atoms. The molecule has 2 aliphatic heterocycles. The minimum atomic E-state index is -0.778. The van der Waals surface area contributed by atoms with Crippen molar-refractivity contribution < 1.29 is 14.5 Å². The first kappa shape index (κ1) is 19.9. The number of nitro groups is 1. The van der Waals surface area contributed by atoms with E-state index >= 15 is 0 Å². The second-order valence-corrected chi connectivity index (χ2v) is 7.78. The molecule has 0 aliphatic carbocycles. The van der Waals surface area contributed by atoms with Gasteiger partial charge < -0.3 is 19.9 Å². The lowest BCUT2D eigenvalue weighted by molar-refractivity contribution is -0.384. The number of ether oxygens (including phenoxy) is 1. The lowest BCUT2D eigenvalue weighted by Crippen LogP contribution is -2.46. The van der Waals surface area contributed by atoms with Gasteiger partial charge in [-0.05, 0) is 30.3 Å². The van der Waals surface area contributed by atoms with E-state index in [1.807, 2.05) is 23.1 Å². The molecule has 1 amide bonds. The second kappa shape index (κ2) is 8.22. The maximum atomic E-state index is 12.4. The molecule has 8 heteroatoms. The SMILES string of the molecule is O=C1N[C@@H](c2ccc(N3CCN(c4ccccc4)CC3)c([N+](=O)[O-])c2)Oc2ccccc21. The third-order valence-electron chi connectivity index (χ3n) is 5.88. The maximum Gasteiger partial charge on any atom is 0.293 e. The van der Waals surface area contributed by atoms with Crippen molar-refractivity contribution in [2.45, 2.75) is 6.23 Å². The van der Waals surface area contributed by atoms with E-state index in [2.05, 4.69) is 22.3 Å². The Morgan fingerprint density at radius 2 is 1.59 bits per heavy atom. The molecule has 1 atom stereocenters. The Morgan fingerprint density at radius 3 is 2.34 bits per heavy atom. The van der Waals surface area contributed by atoms with E-state index in [4.69, 9.17) is 4.74 Å². The summed E-state index contributed by atoms with van der Waals surface area (Å²) in [6.45, 7) is 2.92. The van der Waals surface area contributed by atoms with E-state index in [-0.39, 0.29) is 16.5 Å². The van der Waals surface area contributed by atoms with Crippen molar-refractivity contribution in [3.8, 4) is 5.75 Å². The van der Waals surface area contributed by atoms with Gasteiger partial charge in [0, 0.05) is 43.5 Å². The highest BCUT2D eigenvalue weighted by Crippen LogP contribution is 2.35. The summed E-state index contributed by atoms with van der Waals surface area (Å²) in [5.74, 6) is 0.200. The van der Waals surface area contributed by atoms with E-state index in [0.29, 0.717) is 35.7 Å². The van der Waals surface area contributed by atoms with Gasteiger partial charge in [-0.25, -0.2) is 0 Å². The zero-order chi connectivity index (χ0) is 22.1. The molecule has 3 aromatic rings. The molecule has 0 saturated carbocycles. The van der Waals surface area contributed by atoms with Crippen LogP contribution < -0.4 is 19.9 Å². The summed E-state index contributed by atoms with van der Waals surface area (Å²) in [7, 11) is 0. The lowest BCUT2D eigenvalue weighted by Gasteiger charge is -2.37. The molecule has 0 bridgehead atoms. The molecule has 0 radical (unpaired) electrons. The minimum Gasteiger partial charge on any atom is -0.466 e. The van der Waals surface area contributed by atoms with Gasteiger partial charge in [0.25, 0.3) is 11.6 Å². The summed E-state index contributed by atoms with van der Waals surface area (Å²) >= 11 is 0. The number of para-hydroxylation sites is 2. The van der Waals surface area contributed by atoms with Gasteiger partial charge in [-0.1, -0.05) is 36.4 Å². The highest BCUT2D eigenvalue weighted by atomic mass is 16.6. The molecule has 0 aromatic heterocycles. The number of rotatable bonds is 4.